The number of nitrogens with one attached hydrogen (secondary N) is 1. The third kappa shape index (κ3) is 5.21. The Morgan fingerprint density at radius 2 is 1.73 bits per heavy atom. The van der Waals surface area contributed by atoms with Crippen molar-refractivity contribution in [2.24, 2.45) is 0 Å². The van der Waals surface area contributed by atoms with Crippen LogP contribution in [0.5, 0.6) is 0 Å². The van der Waals surface area contributed by atoms with E-state index in [1.54, 1.807) is 18.2 Å². The molecule has 0 saturated heterocycles. The van der Waals surface area contributed by atoms with Gasteiger partial charge in [-0.2, -0.15) is 4.72 Å². The fraction of sp³-hybridized carbons (Fsp3) is 0.219. The summed E-state index contributed by atoms with van der Waals surface area (Å²) in [5.41, 5.74) is 5.88. The van der Waals surface area contributed by atoms with Crippen LogP contribution in [0.25, 0.3) is 11.2 Å². The van der Waals surface area contributed by atoms with E-state index in [0.29, 0.717) is 13.0 Å². The lowest BCUT2D eigenvalue weighted by atomic mass is 9.98. The van der Waals surface area contributed by atoms with E-state index in [1.165, 1.54) is 23.9 Å². The van der Waals surface area contributed by atoms with Crippen LogP contribution < -0.4 is 4.72 Å². The second kappa shape index (κ2) is 10.9. The molecular weight excluding hydrogens is 553 g/mol. The SMILES string of the molecule is CCCc1nc2c(C)ccnc2n1Cc1ccc(C2(NS(=O)(=O)C(=O)c3ccccc3)Cc3ccccc3S2)cc1. The highest BCUT2D eigenvalue weighted by atomic mass is 32.2. The van der Waals surface area contributed by atoms with E-state index in [-0.39, 0.29) is 5.56 Å². The monoisotopic (exact) mass is 582 g/mol. The Hall–Kier alpha value is -3.79. The van der Waals surface area contributed by atoms with Gasteiger partial charge in [-0.3, -0.25) is 4.79 Å². The first-order valence-electron chi connectivity index (χ1n) is 13.6. The molecule has 7 nitrogen and oxygen atoms in total. The predicted molar refractivity (Wildman–Crippen MR) is 162 cm³/mol. The third-order valence-electron chi connectivity index (χ3n) is 7.40. The molecule has 3 heterocycles. The number of sulfonamides is 1. The number of thioether (sulfide) groups is 1. The van der Waals surface area contributed by atoms with Gasteiger partial charge in [-0.1, -0.05) is 91.5 Å². The number of rotatable bonds is 8. The number of pyridine rings is 1. The molecule has 0 saturated carbocycles. The van der Waals surface area contributed by atoms with Gasteiger partial charge in [-0.05, 0) is 47.7 Å². The van der Waals surface area contributed by atoms with Crippen LogP contribution in [0.3, 0.4) is 0 Å². The molecule has 0 spiro atoms. The predicted octanol–water partition coefficient (Wildman–Crippen LogP) is 6.00. The first-order valence-corrected chi connectivity index (χ1v) is 15.9. The van der Waals surface area contributed by atoms with Crippen molar-refractivity contribution in [2.75, 3.05) is 0 Å². The highest BCUT2D eigenvalue weighted by Crippen LogP contribution is 2.50. The molecule has 0 fully saturated rings. The summed E-state index contributed by atoms with van der Waals surface area (Å²) in [5.74, 6) is 0.999. The number of fused-ring (bicyclic) bond motifs is 2. The minimum absolute atomic E-state index is 0.130. The summed E-state index contributed by atoms with van der Waals surface area (Å²) in [6, 6.07) is 25.9. The zero-order chi connectivity index (χ0) is 28.6. The van der Waals surface area contributed by atoms with Crippen molar-refractivity contribution in [1.82, 2.24) is 19.3 Å². The molecular formula is C32H30N4O3S2. The maximum absolute atomic E-state index is 13.5. The Balaban J connectivity index is 1.35. The van der Waals surface area contributed by atoms with Gasteiger partial charge in [0.1, 0.15) is 16.2 Å². The highest BCUT2D eigenvalue weighted by molar-refractivity contribution is 8.06. The maximum atomic E-state index is 13.5. The Labute approximate surface area is 244 Å². The molecule has 0 aliphatic carbocycles. The number of aryl methyl sites for hydroxylation is 2. The minimum atomic E-state index is -4.34. The molecule has 1 aliphatic heterocycles. The number of nitrogens with zero attached hydrogens (tertiary/aromatic N) is 3. The van der Waals surface area contributed by atoms with Crippen molar-refractivity contribution < 1.29 is 13.2 Å². The molecule has 0 amide bonds. The molecule has 1 aliphatic rings. The lowest BCUT2D eigenvalue weighted by Crippen LogP contribution is -2.45. The molecule has 3 aromatic carbocycles. The largest absolute Gasteiger partial charge is 0.308 e. The molecule has 1 N–H and O–H groups in total. The van der Waals surface area contributed by atoms with Crippen molar-refractivity contribution in [2.45, 2.75) is 49.4 Å². The van der Waals surface area contributed by atoms with Crippen LogP contribution in [0.4, 0.5) is 0 Å². The molecule has 0 bridgehead atoms. The minimum Gasteiger partial charge on any atom is -0.308 e. The van der Waals surface area contributed by atoms with Gasteiger partial charge in [0.2, 0.25) is 0 Å². The van der Waals surface area contributed by atoms with Crippen molar-refractivity contribution >= 4 is 38.1 Å². The van der Waals surface area contributed by atoms with Crippen molar-refractivity contribution in [3.8, 4) is 0 Å². The van der Waals surface area contributed by atoms with Gasteiger partial charge in [0.05, 0.1) is 6.54 Å². The average Bonchev–Trinajstić information content (AvgIpc) is 3.52. The quantitative estimate of drug-likeness (QED) is 0.241. The van der Waals surface area contributed by atoms with E-state index in [2.05, 4.69) is 21.2 Å². The number of imidazole rings is 1. The van der Waals surface area contributed by atoms with Crippen LogP contribution in [0.2, 0.25) is 0 Å². The van der Waals surface area contributed by atoms with E-state index >= 15 is 0 Å². The Kier molecular flexibility index (Phi) is 7.27. The molecule has 41 heavy (non-hydrogen) atoms. The van der Waals surface area contributed by atoms with Gasteiger partial charge >= 0.3 is 0 Å². The normalized spacial score (nSPS) is 16.6. The number of aromatic nitrogens is 3. The van der Waals surface area contributed by atoms with Gasteiger partial charge in [0.25, 0.3) is 15.1 Å². The number of carbonyl (C=O) groups is 1. The first kappa shape index (κ1) is 27.4. The second-order valence-corrected chi connectivity index (χ2v) is 13.3. The molecule has 9 heteroatoms. The lowest BCUT2D eigenvalue weighted by molar-refractivity contribution is 0.107. The summed E-state index contributed by atoms with van der Waals surface area (Å²) in [5, 5.41) is -0.941. The summed E-state index contributed by atoms with van der Waals surface area (Å²) in [6.45, 7) is 4.78. The molecule has 1 atom stereocenters. The van der Waals surface area contributed by atoms with Gasteiger partial charge in [0.15, 0.2) is 5.65 Å². The van der Waals surface area contributed by atoms with Gasteiger partial charge in [-0.25, -0.2) is 18.4 Å². The number of benzene rings is 3. The summed E-state index contributed by atoms with van der Waals surface area (Å²) in [4.78, 5) is 22.5. The Morgan fingerprint density at radius 3 is 2.46 bits per heavy atom. The number of carbonyl (C=O) groups excluding carboxylic acids is 1. The standard InChI is InChI=1S/C32H30N4O3S2/c1-3-9-28-34-29-22(2)18-19-33-30(29)36(28)21-23-14-16-26(17-15-23)32(20-25-12-7-8-13-27(25)40-32)35-41(38,39)31(37)24-10-5-4-6-11-24/h4-8,10-19,35H,3,9,20-21H2,1-2H3. The summed E-state index contributed by atoms with van der Waals surface area (Å²) >= 11 is 1.43. The molecule has 1 unspecified atom stereocenters. The van der Waals surface area contributed by atoms with E-state index in [9.17, 15) is 13.2 Å². The molecule has 5 aromatic rings. The fourth-order valence-corrected chi connectivity index (χ4v) is 8.27. The molecule has 0 radical (unpaired) electrons. The van der Waals surface area contributed by atoms with Crippen LogP contribution in [0.1, 0.15) is 51.8 Å². The van der Waals surface area contributed by atoms with Crippen LogP contribution in [-0.2, 0) is 34.3 Å². The average molecular weight is 583 g/mol. The fourth-order valence-electron chi connectivity index (χ4n) is 5.34. The van der Waals surface area contributed by atoms with Crippen LogP contribution in [0, 0.1) is 6.92 Å². The summed E-state index contributed by atoms with van der Waals surface area (Å²) in [7, 11) is -4.34. The van der Waals surface area contributed by atoms with E-state index in [1.807, 2.05) is 67.7 Å². The van der Waals surface area contributed by atoms with Gasteiger partial charge in [-0.15, -0.1) is 0 Å². The zero-order valence-electron chi connectivity index (χ0n) is 22.9. The lowest BCUT2D eigenvalue weighted by Gasteiger charge is -2.29. The second-order valence-electron chi connectivity index (χ2n) is 10.3. The Morgan fingerprint density at radius 1 is 1.00 bits per heavy atom. The van der Waals surface area contributed by atoms with E-state index in [4.69, 9.17) is 4.98 Å². The smallest absolute Gasteiger partial charge is 0.291 e. The van der Waals surface area contributed by atoms with Crippen molar-refractivity contribution in [3.05, 3.63) is 125 Å². The number of hydrogen-bond acceptors (Lipinski definition) is 6. The van der Waals surface area contributed by atoms with Crippen molar-refractivity contribution in [1.29, 1.82) is 0 Å². The topological polar surface area (TPSA) is 93.9 Å². The van der Waals surface area contributed by atoms with E-state index < -0.39 is 20.0 Å². The van der Waals surface area contributed by atoms with Crippen LogP contribution in [-0.4, -0.2) is 28.1 Å². The molecule has 2 aromatic heterocycles. The third-order valence-corrected chi connectivity index (χ3v) is 10.3. The molecule has 208 valence electrons. The highest BCUT2D eigenvalue weighted by Gasteiger charge is 2.44. The number of hydrogen-bond donors (Lipinski definition) is 1. The zero-order valence-corrected chi connectivity index (χ0v) is 24.5. The van der Waals surface area contributed by atoms with Gasteiger partial charge < -0.3 is 4.57 Å². The molecule has 6 rings (SSSR count). The summed E-state index contributed by atoms with van der Waals surface area (Å²) in [6.07, 6.45) is 4.06. The van der Waals surface area contributed by atoms with Crippen LogP contribution in [0.15, 0.2) is 96.0 Å². The Bertz CT molecular complexity index is 1820. The van der Waals surface area contributed by atoms with Crippen LogP contribution >= 0.6 is 11.8 Å². The first-order chi connectivity index (χ1) is 19.8. The summed E-state index contributed by atoms with van der Waals surface area (Å²) < 4.78 is 31.9. The van der Waals surface area contributed by atoms with Crippen molar-refractivity contribution in [3.63, 3.8) is 0 Å². The maximum Gasteiger partial charge on any atom is 0.291 e. The van der Waals surface area contributed by atoms with Gasteiger partial charge in [0, 0.05) is 29.5 Å². The van der Waals surface area contributed by atoms with E-state index in [0.717, 1.165) is 57.0 Å².